The maximum absolute atomic E-state index is 12.4. The van der Waals surface area contributed by atoms with Crippen molar-refractivity contribution in [2.75, 3.05) is 19.0 Å². The number of pyridine rings is 2. The van der Waals surface area contributed by atoms with Crippen LogP contribution in [0.5, 0.6) is 0 Å². The van der Waals surface area contributed by atoms with Crippen LogP contribution in [0.25, 0.3) is 0 Å². The molecule has 0 aliphatic rings. The van der Waals surface area contributed by atoms with Gasteiger partial charge < -0.3 is 4.90 Å². The van der Waals surface area contributed by atoms with E-state index >= 15 is 0 Å². The molecule has 0 fully saturated rings. The van der Waals surface area contributed by atoms with Crippen molar-refractivity contribution in [1.29, 1.82) is 5.26 Å². The minimum Gasteiger partial charge on any atom is -0.363 e. The van der Waals surface area contributed by atoms with E-state index < -0.39 is 5.92 Å². The SMILES string of the molecule is CN(C)c1cc(C(=O)[C@@H](C#N)c2ccccn2)ccn1. The summed E-state index contributed by atoms with van der Waals surface area (Å²) in [5, 5.41) is 9.25. The summed E-state index contributed by atoms with van der Waals surface area (Å²) in [7, 11) is 3.69. The zero-order valence-corrected chi connectivity index (χ0v) is 11.3. The number of aromatic nitrogens is 2. The lowest BCUT2D eigenvalue weighted by molar-refractivity contribution is 0.0977. The monoisotopic (exact) mass is 266 g/mol. The van der Waals surface area contributed by atoms with E-state index in [9.17, 15) is 10.1 Å². The van der Waals surface area contributed by atoms with Crippen LogP contribution in [-0.2, 0) is 0 Å². The summed E-state index contributed by atoms with van der Waals surface area (Å²) in [5.74, 6) is -0.487. The van der Waals surface area contributed by atoms with Crippen molar-refractivity contribution < 1.29 is 4.79 Å². The van der Waals surface area contributed by atoms with Gasteiger partial charge in [-0.05, 0) is 24.3 Å². The first-order chi connectivity index (χ1) is 9.63. The van der Waals surface area contributed by atoms with Gasteiger partial charge in [-0.15, -0.1) is 0 Å². The first-order valence-corrected chi connectivity index (χ1v) is 6.11. The molecule has 0 saturated heterocycles. The third-order valence-corrected chi connectivity index (χ3v) is 2.86. The zero-order chi connectivity index (χ0) is 14.5. The molecule has 0 aliphatic carbocycles. The van der Waals surface area contributed by atoms with Crippen LogP contribution in [0.1, 0.15) is 22.0 Å². The number of rotatable bonds is 4. The third-order valence-electron chi connectivity index (χ3n) is 2.86. The Balaban J connectivity index is 2.35. The molecule has 2 aromatic heterocycles. The van der Waals surface area contributed by atoms with E-state index in [-0.39, 0.29) is 5.78 Å². The van der Waals surface area contributed by atoms with Gasteiger partial charge in [0.1, 0.15) is 5.82 Å². The van der Waals surface area contributed by atoms with Gasteiger partial charge in [-0.1, -0.05) is 6.07 Å². The van der Waals surface area contributed by atoms with E-state index in [2.05, 4.69) is 9.97 Å². The van der Waals surface area contributed by atoms with Gasteiger partial charge in [0.2, 0.25) is 0 Å². The summed E-state index contributed by atoms with van der Waals surface area (Å²) in [6.45, 7) is 0. The lowest BCUT2D eigenvalue weighted by atomic mass is 9.96. The van der Waals surface area contributed by atoms with Crippen molar-refractivity contribution in [1.82, 2.24) is 9.97 Å². The molecule has 0 aromatic carbocycles. The number of hydrogen-bond acceptors (Lipinski definition) is 5. The molecule has 0 unspecified atom stereocenters. The molecule has 2 heterocycles. The smallest absolute Gasteiger partial charge is 0.186 e. The summed E-state index contributed by atoms with van der Waals surface area (Å²) in [6, 6.07) is 10.5. The summed E-state index contributed by atoms with van der Waals surface area (Å²) in [4.78, 5) is 22.5. The van der Waals surface area contributed by atoms with Crippen molar-refractivity contribution >= 4 is 11.6 Å². The number of hydrogen-bond donors (Lipinski definition) is 0. The molecule has 0 radical (unpaired) electrons. The number of ketones is 1. The molecule has 5 heteroatoms. The number of carbonyl (C=O) groups is 1. The maximum atomic E-state index is 12.4. The summed E-state index contributed by atoms with van der Waals surface area (Å²) >= 11 is 0. The third kappa shape index (κ3) is 2.81. The van der Waals surface area contributed by atoms with Crippen molar-refractivity contribution in [3.05, 3.63) is 54.0 Å². The predicted octanol–water partition coefficient (Wildman–Crippen LogP) is 2.03. The molecule has 0 spiro atoms. The predicted molar refractivity (Wildman–Crippen MR) is 75.5 cm³/mol. The standard InChI is InChI=1S/C15H14N4O/c1-19(2)14-9-11(6-8-18-14)15(20)12(10-16)13-5-3-4-7-17-13/h3-9,12H,1-2H3/t12-/m0/s1. The minimum absolute atomic E-state index is 0.267. The van der Waals surface area contributed by atoms with E-state index in [1.807, 2.05) is 20.2 Å². The van der Waals surface area contributed by atoms with Gasteiger partial charge in [0.25, 0.3) is 0 Å². The number of nitrogens with zero attached hydrogens (tertiary/aromatic N) is 4. The molecule has 1 atom stereocenters. The van der Waals surface area contributed by atoms with Crippen molar-refractivity contribution in [2.24, 2.45) is 0 Å². The van der Waals surface area contributed by atoms with E-state index in [0.29, 0.717) is 17.1 Å². The Hall–Kier alpha value is -2.74. The molecular formula is C15H14N4O. The molecule has 20 heavy (non-hydrogen) atoms. The molecule has 2 aromatic rings. The summed E-state index contributed by atoms with van der Waals surface area (Å²) in [6.07, 6.45) is 3.14. The van der Waals surface area contributed by atoms with Crippen LogP contribution < -0.4 is 4.90 Å². The molecule has 0 saturated carbocycles. The Labute approximate surface area is 117 Å². The highest BCUT2D eigenvalue weighted by Crippen LogP contribution is 2.20. The number of anilines is 1. The topological polar surface area (TPSA) is 69.9 Å². The largest absolute Gasteiger partial charge is 0.363 e. The highest BCUT2D eigenvalue weighted by atomic mass is 16.1. The van der Waals surface area contributed by atoms with Crippen LogP contribution >= 0.6 is 0 Å². The fourth-order valence-electron chi connectivity index (χ4n) is 1.79. The maximum Gasteiger partial charge on any atom is 0.186 e. The van der Waals surface area contributed by atoms with E-state index in [1.165, 1.54) is 0 Å². The molecule has 0 N–H and O–H groups in total. The lowest BCUT2D eigenvalue weighted by Crippen LogP contribution is -2.15. The summed E-state index contributed by atoms with van der Waals surface area (Å²) < 4.78 is 0. The highest BCUT2D eigenvalue weighted by Gasteiger charge is 2.23. The van der Waals surface area contributed by atoms with Gasteiger partial charge in [-0.3, -0.25) is 9.78 Å². The van der Waals surface area contributed by atoms with E-state index in [4.69, 9.17) is 0 Å². The van der Waals surface area contributed by atoms with Gasteiger partial charge in [0.15, 0.2) is 11.7 Å². The van der Waals surface area contributed by atoms with Crippen LogP contribution in [0.2, 0.25) is 0 Å². The second-order valence-corrected chi connectivity index (χ2v) is 4.48. The lowest BCUT2D eigenvalue weighted by Gasteiger charge is -2.13. The number of nitriles is 1. The molecule has 2 rings (SSSR count). The molecule has 0 amide bonds. The van der Waals surface area contributed by atoms with Crippen LogP contribution in [0.4, 0.5) is 5.82 Å². The molecule has 0 bridgehead atoms. The highest BCUT2D eigenvalue weighted by molar-refractivity contribution is 6.02. The second kappa shape index (κ2) is 5.93. The first kappa shape index (κ1) is 13.7. The first-order valence-electron chi connectivity index (χ1n) is 6.11. The van der Waals surface area contributed by atoms with Crippen LogP contribution in [0.15, 0.2) is 42.7 Å². The van der Waals surface area contributed by atoms with Crippen LogP contribution in [-0.4, -0.2) is 29.8 Å². The molecule has 100 valence electrons. The normalized spacial score (nSPS) is 11.4. The van der Waals surface area contributed by atoms with Gasteiger partial charge in [-0.25, -0.2) is 4.98 Å². The van der Waals surface area contributed by atoms with Crippen LogP contribution in [0, 0.1) is 11.3 Å². The second-order valence-electron chi connectivity index (χ2n) is 4.48. The van der Waals surface area contributed by atoms with E-state index in [1.54, 1.807) is 47.6 Å². The van der Waals surface area contributed by atoms with E-state index in [0.717, 1.165) is 0 Å². The van der Waals surface area contributed by atoms with Gasteiger partial charge >= 0.3 is 0 Å². The molecule has 5 nitrogen and oxygen atoms in total. The number of carbonyl (C=O) groups excluding carboxylic acids is 1. The fourth-order valence-corrected chi connectivity index (χ4v) is 1.79. The van der Waals surface area contributed by atoms with Gasteiger partial charge in [0, 0.05) is 32.1 Å². The Kier molecular flexibility index (Phi) is 4.06. The molecule has 0 aliphatic heterocycles. The van der Waals surface area contributed by atoms with Crippen molar-refractivity contribution in [3.63, 3.8) is 0 Å². The van der Waals surface area contributed by atoms with Crippen molar-refractivity contribution in [2.45, 2.75) is 5.92 Å². The quantitative estimate of drug-likeness (QED) is 0.792. The number of Topliss-reactive ketones (excluding diaryl/α,β-unsaturated/α-hetero) is 1. The fraction of sp³-hybridized carbons (Fsp3) is 0.200. The Morgan fingerprint density at radius 2 is 2.05 bits per heavy atom. The molecular weight excluding hydrogens is 252 g/mol. The van der Waals surface area contributed by atoms with Gasteiger partial charge in [0.05, 0.1) is 11.8 Å². The average molecular weight is 266 g/mol. The van der Waals surface area contributed by atoms with Crippen LogP contribution in [0.3, 0.4) is 0 Å². The van der Waals surface area contributed by atoms with Gasteiger partial charge in [-0.2, -0.15) is 5.26 Å². The minimum atomic E-state index is -0.895. The Morgan fingerprint density at radius 3 is 2.65 bits per heavy atom. The Morgan fingerprint density at radius 1 is 1.25 bits per heavy atom. The van der Waals surface area contributed by atoms with Crippen molar-refractivity contribution in [3.8, 4) is 6.07 Å². The zero-order valence-electron chi connectivity index (χ0n) is 11.3. The Bertz CT molecular complexity index is 646. The summed E-state index contributed by atoms with van der Waals surface area (Å²) in [5.41, 5.74) is 0.920. The average Bonchev–Trinajstić information content (AvgIpc) is 2.49.